The van der Waals surface area contributed by atoms with E-state index in [2.05, 4.69) is 10.2 Å². The predicted octanol–water partition coefficient (Wildman–Crippen LogP) is 4.39. The van der Waals surface area contributed by atoms with Gasteiger partial charge in [0.2, 0.25) is 0 Å². The van der Waals surface area contributed by atoms with Gasteiger partial charge in [-0.2, -0.15) is 0 Å². The molecule has 0 aliphatic heterocycles. The highest BCUT2D eigenvalue weighted by atomic mass is 35.5. The van der Waals surface area contributed by atoms with E-state index in [-0.39, 0.29) is 35.2 Å². The normalized spacial score (nSPS) is 11.0. The molecule has 0 unspecified atom stereocenters. The molecule has 0 radical (unpaired) electrons. The van der Waals surface area contributed by atoms with Gasteiger partial charge >= 0.3 is 7.67 Å². The molecule has 0 aliphatic rings. The first-order chi connectivity index (χ1) is 12.3. The summed E-state index contributed by atoms with van der Waals surface area (Å²) in [5.41, 5.74) is -0.0476. The van der Waals surface area contributed by atoms with E-state index >= 15 is 0 Å². The van der Waals surface area contributed by atoms with E-state index in [0.717, 1.165) is 0 Å². The minimum Gasteiger partial charge on any atom is -0.298 e. The maximum Gasteiger partial charge on any atom is 0.391 e. The molecule has 0 amide bonds. The van der Waals surface area contributed by atoms with Gasteiger partial charge in [0.15, 0.2) is 0 Å². The molecule has 2 N–H and O–H groups in total. The number of nitrogens with one attached hydrogen (secondary N) is 2. The molecule has 0 spiro atoms. The maximum absolute atomic E-state index is 13.0. The van der Waals surface area contributed by atoms with Crippen LogP contribution in [0, 0.1) is 20.2 Å². The Morgan fingerprint density at radius 2 is 1.42 bits per heavy atom. The van der Waals surface area contributed by atoms with Crippen LogP contribution < -0.4 is 10.2 Å². The highest BCUT2D eigenvalue weighted by molar-refractivity contribution is 7.62. The van der Waals surface area contributed by atoms with Crippen molar-refractivity contribution in [3.63, 3.8) is 0 Å². The number of rotatable bonds is 9. The Bertz CT molecular complexity index is 801. The van der Waals surface area contributed by atoms with Gasteiger partial charge in [-0.25, -0.2) is 4.57 Å². The lowest BCUT2D eigenvalue weighted by molar-refractivity contribution is -0.385. The Hall–Kier alpha value is -2.68. The van der Waals surface area contributed by atoms with Crippen molar-refractivity contribution in [3.05, 3.63) is 68.8 Å². The minimum atomic E-state index is -3.81. The fourth-order valence-corrected chi connectivity index (χ4v) is 3.65. The van der Waals surface area contributed by atoms with Crippen LogP contribution in [0.2, 0.25) is 0 Å². The molecule has 2 rings (SSSR count). The smallest absolute Gasteiger partial charge is 0.298 e. The molecule has 0 saturated heterocycles. The third-order valence-electron chi connectivity index (χ3n) is 3.02. The van der Waals surface area contributed by atoms with Crippen LogP contribution in [0.1, 0.15) is 0 Å². The van der Waals surface area contributed by atoms with Crippen LogP contribution in [-0.4, -0.2) is 22.3 Å². The molecule has 0 bridgehead atoms. The van der Waals surface area contributed by atoms with Crippen molar-refractivity contribution >= 4 is 42.0 Å². The number of nitrogens with zero attached hydrogens (tertiary/aromatic N) is 2. The molecule has 26 heavy (non-hydrogen) atoms. The Morgan fingerprint density at radius 1 is 0.962 bits per heavy atom. The largest absolute Gasteiger partial charge is 0.391 e. The van der Waals surface area contributed by atoms with Crippen LogP contribution >= 0.6 is 19.3 Å². The lowest BCUT2D eigenvalue weighted by Gasteiger charge is -2.21. The van der Waals surface area contributed by atoms with Gasteiger partial charge in [0.05, 0.1) is 16.5 Å². The number of nitro benzene ring substituents is 2. The van der Waals surface area contributed by atoms with Crippen molar-refractivity contribution < 1.29 is 18.9 Å². The molecule has 0 heterocycles. The Morgan fingerprint density at radius 3 is 1.81 bits per heavy atom. The van der Waals surface area contributed by atoms with Crippen LogP contribution in [0.5, 0.6) is 0 Å². The minimum absolute atomic E-state index is 0.0528. The average molecular weight is 401 g/mol. The van der Waals surface area contributed by atoms with Crippen molar-refractivity contribution in [1.29, 1.82) is 0 Å². The Kier molecular flexibility index (Phi) is 6.51. The van der Waals surface area contributed by atoms with Crippen molar-refractivity contribution in [2.45, 2.75) is 0 Å². The van der Waals surface area contributed by atoms with E-state index < -0.39 is 17.5 Å². The number of non-ortho nitro benzene ring substituents is 2. The van der Waals surface area contributed by atoms with E-state index in [0.29, 0.717) is 0 Å². The molecular formula is C14H14ClN4O6P. The summed E-state index contributed by atoms with van der Waals surface area (Å²) in [7, 11) is -3.81. The van der Waals surface area contributed by atoms with Crippen LogP contribution in [0.3, 0.4) is 0 Å². The van der Waals surface area contributed by atoms with Gasteiger partial charge in [0.25, 0.3) is 11.4 Å². The summed E-state index contributed by atoms with van der Waals surface area (Å²) in [6.45, 7) is -0.0807. The van der Waals surface area contributed by atoms with Gasteiger partial charge in [0.1, 0.15) is 0 Å². The van der Waals surface area contributed by atoms with Crippen molar-refractivity contribution in [2.75, 3.05) is 22.7 Å². The summed E-state index contributed by atoms with van der Waals surface area (Å²) in [5.74, 6) is 0.0528. The van der Waals surface area contributed by atoms with E-state index in [1.165, 1.54) is 48.5 Å². The van der Waals surface area contributed by atoms with E-state index in [1.54, 1.807) is 0 Å². The van der Waals surface area contributed by atoms with Gasteiger partial charge in [-0.1, -0.05) is 12.1 Å². The summed E-state index contributed by atoms with van der Waals surface area (Å²) in [6, 6.07) is 10.7. The molecule has 0 aromatic heterocycles. The Labute approximate surface area is 153 Å². The first kappa shape index (κ1) is 19.6. The van der Waals surface area contributed by atoms with Gasteiger partial charge in [-0.15, -0.1) is 11.6 Å². The van der Waals surface area contributed by atoms with Gasteiger partial charge in [-0.3, -0.25) is 34.9 Å². The van der Waals surface area contributed by atoms with Crippen molar-refractivity contribution in [2.24, 2.45) is 0 Å². The zero-order chi connectivity index (χ0) is 19.2. The summed E-state index contributed by atoms with van der Waals surface area (Å²) in [5, 5.41) is 26.9. The van der Waals surface area contributed by atoms with Gasteiger partial charge < -0.3 is 0 Å². The number of halogens is 1. The first-order valence-electron chi connectivity index (χ1n) is 7.19. The lowest BCUT2D eigenvalue weighted by Crippen LogP contribution is -2.11. The van der Waals surface area contributed by atoms with E-state index in [4.69, 9.17) is 16.1 Å². The molecular weight excluding hydrogens is 387 g/mol. The van der Waals surface area contributed by atoms with Gasteiger partial charge in [-0.05, 0) is 12.1 Å². The van der Waals surface area contributed by atoms with Gasteiger partial charge in [0, 0.05) is 41.5 Å². The second-order valence-corrected chi connectivity index (χ2v) is 7.10. The summed E-state index contributed by atoms with van der Waals surface area (Å²) < 4.78 is 18.3. The molecule has 2 aromatic carbocycles. The van der Waals surface area contributed by atoms with Crippen LogP contribution in [0.25, 0.3) is 0 Å². The zero-order valence-electron chi connectivity index (χ0n) is 13.2. The number of hydrogen-bond donors (Lipinski definition) is 2. The quantitative estimate of drug-likeness (QED) is 0.273. The van der Waals surface area contributed by atoms with Crippen LogP contribution in [0.4, 0.5) is 22.7 Å². The predicted molar refractivity (Wildman–Crippen MR) is 97.7 cm³/mol. The van der Waals surface area contributed by atoms with E-state index in [9.17, 15) is 24.8 Å². The highest BCUT2D eigenvalue weighted by Crippen LogP contribution is 2.47. The molecule has 138 valence electrons. The number of anilines is 2. The third-order valence-corrected chi connectivity index (χ3v) is 4.82. The standard InChI is InChI=1S/C14H14ClN4O6P/c15-7-8-25-26(24,16-11-3-1-5-13(9-11)18(20)21)17-12-4-2-6-14(10-12)19(22)23/h1-6,9-10H,7-8H2,(H2,16,17,24). The topological polar surface area (TPSA) is 137 Å². The molecule has 2 aromatic rings. The zero-order valence-corrected chi connectivity index (χ0v) is 14.9. The molecule has 12 heteroatoms. The number of benzene rings is 2. The summed E-state index contributed by atoms with van der Waals surface area (Å²) in [6.07, 6.45) is 0. The lowest BCUT2D eigenvalue weighted by atomic mass is 10.3. The summed E-state index contributed by atoms with van der Waals surface area (Å²) >= 11 is 5.57. The molecule has 0 aliphatic carbocycles. The SMILES string of the molecule is O=[N+]([O-])c1cccc(NP(=O)(Nc2cccc([N+](=O)[O-])c2)OCCCl)c1. The highest BCUT2D eigenvalue weighted by Gasteiger charge is 2.25. The first-order valence-corrected chi connectivity index (χ1v) is 9.35. The average Bonchev–Trinajstić information content (AvgIpc) is 2.60. The summed E-state index contributed by atoms with van der Waals surface area (Å²) in [4.78, 5) is 20.5. The molecule has 0 atom stereocenters. The maximum atomic E-state index is 13.0. The van der Waals surface area contributed by atoms with Crippen molar-refractivity contribution in [1.82, 2.24) is 0 Å². The van der Waals surface area contributed by atoms with Crippen molar-refractivity contribution in [3.8, 4) is 0 Å². The molecule has 10 nitrogen and oxygen atoms in total. The Balaban J connectivity index is 2.28. The fourth-order valence-electron chi connectivity index (χ4n) is 1.97. The second kappa shape index (κ2) is 8.61. The van der Waals surface area contributed by atoms with Crippen LogP contribution in [-0.2, 0) is 9.09 Å². The van der Waals surface area contributed by atoms with Crippen LogP contribution in [0.15, 0.2) is 48.5 Å². The number of nitro groups is 2. The fraction of sp³-hybridized carbons (Fsp3) is 0.143. The number of alkyl halides is 1. The second-order valence-electron chi connectivity index (χ2n) is 4.91. The van der Waals surface area contributed by atoms with E-state index in [1.807, 2.05) is 0 Å². The molecule has 0 saturated carbocycles. The third kappa shape index (κ3) is 5.41. The number of hydrogen-bond acceptors (Lipinski definition) is 6. The monoisotopic (exact) mass is 400 g/mol. The molecule has 0 fully saturated rings.